The van der Waals surface area contributed by atoms with Crippen LogP contribution in [-0.4, -0.2) is 10.5 Å². The summed E-state index contributed by atoms with van der Waals surface area (Å²) in [5.74, 6) is -0.0675. The number of nitrogens with zero attached hydrogens (tertiary/aromatic N) is 1. The van der Waals surface area contributed by atoms with Crippen LogP contribution < -0.4 is 5.32 Å². The molecule has 0 saturated carbocycles. The predicted octanol–water partition coefficient (Wildman–Crippen LogP) is 2.72. The van der Waals surface area contributed by atoms with Gasteiger partial charge in [-0.25, -0.2) is 0 Å². The molecule has 0 spiro atoms. The minimum atomic E-state index is -0.0675. The van der Waals surface area contributed by atoms with Gasteiger partial charge in [0.1, 0.15) is 5.69 Å². The lowest BCUT2D eigenvalue weighted by molar-refractivity contribution is 0.0943. The zero-order chi connectivity index (χ0) is 12.3. The Kier molecular flexibility index (Phi) is 3.64. The first-order chi connectivity index (χ1) is 8.16. The Morgan fingerprint density at radius 1 is 1.35 bits per heavy atom. The van der Waals surface area contributed by atoms with Crippen LogP contribution in [0.5, 0.6) is 0 Å². The SMILES string of the molecule is Cn1cc(Br)cc1C(=O)NCc1ccccc1. The third-order valence-electron chi connectivity index (χ3n) is 2.50. The van der Waals surface area contributed by atoms with Gasteiger partial charge in [-0.2, -0.15) is 0 Å². The van der Waals surface area contributed by atoms with Gasteiger partial charge >= 0.3 is 0 Å². The van der Waals surface area contributed by atoms with Crippen LogP contribution in [0.1, 0.15) is 16.1 Å². The highest BCUT2D eigenvalue weighted by atomic mass is 79.9. The van der Waals surface area contributed by atoms with Gasteiger partial charge in [0.15, 0.2) is 0 Å². The van der Waals surface area contributed by atoms with Crippen molar-refractivity contribution in [2.75, 3.05) is 0 Å². The average Bonchev–Trinajstić information content (AvgIpc) is 2.67. The maximum absolute atomic E-state index is 11.9. The Balaban J connectivity index is 2.01. The van der Waals surface area contributed by atoms with Crippen LogP contribution in [0.15, 0.2) is 47.1 Å². The number of hydrogen-bond acceptors (Lipinski definition) is 1. The van der Waals surface area contributed by atoms with Crippen molar-refractivity contribution in [3.05, 3.63) is 58.3 Å². The topological polar surface area (TPSA) is 34.0 Å². The van der Waals surface area contributed by atoms with Crippen molar-refractivity contribution < 1.29 is 4.79 Å². The van der Waals surface area contributed by atoms with Gasteiger partial charge in [-0.1, -0.05) is 30.3 Å². The molecule has 4 heteroatoms. The summed E-state index contributed by atoms with van der Waals surface area (Å²) >= 11 is 3.35. The summed E-state index contributed by atoms with van der Waals surface area (Å²) in [5.41, 5.74) is 1.74. The van der Waals surface area contributed by atoms with Gasteiger partial charge in [0.05, 0.1) is 0 Å². The second-order valence-electron chi connectivity index (χ2n) is 3.82. The Morgan fingerprint density at radius 2 is 2.06 bits per heavy atom. The molecule has 0 unspecified atom stereocenters. The summed E-state index contributed by atoms with van der Waals surface area (Å²) in [6.07, 6.45) is 1.86. The molecular weight excluding hydrogens is 280 g/mol. The molecule has 0 fully saturated rings. The minimum absolute atomic E-state index is 0.0675. The number of carbonyl (C=O) groups excluding carboxylic acids is 1. The van der Waals surface area contributed by atoms with Crippen molar-refractivity contribution in [1.82, 2.24) is 9.88 Å². The molecule has 0 saturated heterocycles. The summed E-state index contributed by atoms with van der Waals surface area (Å²) in [7, 11) is 1.85. The number of carbonyl (C=O) groups is 1. The van der Waals surface area contributed by atoms with Crippen LogP contribution in [0, 0.1) is 0 Å². The monoisotopic (exact) mass is 292 g/mol. The lowest BCUT2D eigenvalue weighted by atomic mass is 10.2. The van der Waals surface area contributed by atoms with Crippen molar-refractivity contribution in [2.24, 2.45) is 7.05 Å². The van der Waals surface area contributed by atoms with Crippen molar-refractivity contribution in [2.45, 2.75) is 6.54 Å². The number of amides is 1. The average molecular weight is 293 g/mol. The number of aryl methyl sites for hydroxylation is 1. The van der Waals surface area contributed by atoms with E-state index < -0.39 is 0 Å². The molecule has 2 aromatic rings. The molecule has 1 aromatic heterocycles. The number of benzene rings is 1. The molecule has 0 aliphatic heterocycles. The molecule has 2 rings (SSSR count). The highest BCUT2D eigenvalue weighted by Gasteiger charge is 2.10. The first kappa shape index (κ1) is 11.9. The zero-order valence-corrected chi connectivity index (χ0v) is 11.1. The van der Waals surface area contributed by atoms with E-state index in [0.29, 0.717) is 12.2 Å². The molecule has 17 heavy (non-hydrogen) atoms. The standard InChI is InChI=1S/C13H13BrN2O/c1-16-9-11(14)7-12(16)13(17)15-8-10-5-3-2-4-6-10/h2-7,9H,8H2,1H3,(H,15,17). The molecule has 0 aliphatic carbocycles. The summed E-state index contributed by atoms with van der Waals surface area (Å²) in [6.45, 7) is 0.544. The number of halogens is 1. The second-order valence-corrected chi connectivity index (χ2v) is 4.74. The normalized spacial score (nSPS) is 10.2. The molecule has 0 aliphatic rings. The molecule has 1 N–H and O–H groups in total. The third kappa shape index (κ3) is 2.97. The fourth-order valence-electron chi connectivity index (χ4n) is 1.62. The highest BCUT2D eigenvalue weighted by molar-refractivity contribution is 9.10. The summed E-state index contributed by atoms with van der Waals surface area (Å²) in [4.78, 5) is 11.9. The number of aromatic nitrogens is 1. The first-order valence-electron chi connectivity index (χ1n) is 5.31. The first-order valence-corrected chi connectivity index (χ1v) is 6.10. The van der Waals surface area contributed by atoms with E-state index in [1.807, 2.05) is 43.6 Å². The van der Waals surface area contributed by atoms with E-state index >= 15 is 0 Å². The van der Waals surface area contributed by atoms with Gasteiger partial charge in [0.25, 0.3) is 5.91 Å². The fraction of sp³-hybridized carbons (Fsp3) is 0.154. The molecule has 0 radical (unpaired) electrons. The maximum atomic E-state index is 11.9. The zero-order valence-electron chi connectivity index (χ0n) is 9.48. The molecule has 1 heterocycles. The maximum Gasteiger partial charge on any atom is 0.268 e. The van der Waals surface area contributed by atoms with Gasteiger partial charge in [0.2, 0.25) is 0 Å². The van der Waals surface area contributed by atoms with E-state index in [1.165, 1.54) is 0 Å². The van der Waals surface area contributed by atoms with Crippen molar-refractivity contribution in [3.63, 3.8) is 0 Å². The van der Waals surface area contributed by atoms with Crippen molar-refractivity contribution in [1.29, 1.82) is 0 Å². The van der Waals surface area contributed by atoms with Crippen LogP contribution >= 0.6 is 15.9 Å². The molecule has 3 nitrogen and oxygen atoms in total. The van der Waals surface area contributed by atoms with Crippen LogP contribution in [0.25, 0.3) is 0 Å². The smallest absolute Gasteiger partial charge is 0.268 e. The molecule has 0 bridgehead atoms. The lowest BCUT2D eigenvalue weighted by Gasteiger charge is -2.05. The third-order valence-corrected chi connectivity index (χ3v) is 2.93. The van der Waals surface area contributed by atoms with Gasteiger partial charge in [0, 0.05) is 24.3 Å². The quantitative estimate of drug-likeness (QED) is 0.927. The Morgan fingerprint density at radius 3 is 2.65 bits per heavy atom. The van der Waals surface area contributed by atoms with Crippen LogP contribution in [0.4, 0.5) is 0 Å². The second kappa shape index (κ2) is 5.19. The highest BCUT2D eigenvalue weighted by Crippen LogP contribution is 2.13. The minimum Gasteiger partial charge on any atom is -0.347 e. The van der Waals surface area contributed by atoms with E-state index in [-0.39, 0.29) is 5.91 Å². The van der Waals surface area contributed by atoms with Gasteiger partial charge in [-0.15, -0.1) is 0 Å². The summed E-state index contributed by atoms with van der Waals surface area (Å²) in [5, 5.41) is 2.89. The van der Waals surface area contributed by atoms with Crippen molar-refractivity contribution >= 4 is 21.8 Å². The van der Waals surface area contributed by atoms with E-state index in [4.69, 9.17) is 0 Å². The van der Waals surface area contributed by atoms with E-state index in [0.717, 1.165) is 10.0 Å². The van der Waals surface area contributed by atoms with Crippen LogP contribution in [-0.2, 0) is 13.6 Å². The molecule has 0 atom stereocenters. The predicted molar refractivity (Wildman–Crippen MR) is 70.7 cm³/mol. The molecule has 1 aromatic carbocycles. The van der Waals surface area contributed by atoms with Gasteiger partial charge < -0.3 is 9.88 Å². The lowest BCUT2D eigenvalue weighted by Crippen LogP contribution is -2.24. The summed E-state index contributed by atoms with van der Waals surface area (Å²) in [6, 6.07) is 11.7. The Hall–Kier alpha value is -1.55. The Bertz CT molecular complexity index is 519. The van der Waals surface area contributed by atoms with E-state index in [9.17, 15) is 4.79 Å². The van der Waals surface area contributed by atoms with E-state index in [2.05, 4.69) is 21.2 Å². The van der Waals surface area contributed by atoms with Crippen LogP contribution in [0.3, 0.4) is 0 Å². The molecule has 1 amide bonds. The van der Waals surface area contributed by atoms with Gasteiger partial charge in [-0.05, 0) is 27.6 Å². The largest absolute Gasteiger partial charge is 0.347 e. The number of rotatable bonds is 3. The van der Waals surface area contributed by atoms with Gasteiger partial charge in [-0.3, -0.25) is 4.79 Å². The summed E-state index contributed by atoms with van der Waals surface area (Å²) < 4.78 is 2.70. The molecular formula is C13H13BrN2O. The van der Waals surface area contributed by atoms with Crippen molar-refractivity contribution in [3.8, 4) is 0 Å². The number of nitrogens with one attached hydrogen (secondary N) is 1. The van der Waals surface area contributed by atoms with E-state index in [1.54, 1.807) is 10.6 Å². The number of hydrogen-bond donors (Lipinski definition) is 1. The fourth-order valence-corrected chi connectivity index (χ4v) is 2.14. The van der Waals surface area contributed by atoms with Crippen LogP contribution in [0.2, 0.25) is 0 Å². The molecule has 88 valence electrons. The Labute approximate surface area is 109 Å².